The van der Waals surface area contributed by atoms with E-state index < -0.39 is 0 Å². The maximum atomic E-state index is 12.0. The summed E-state index contributed by atoms with van der Waals surface area (Å²) in [7, 11) is 0. The third-order valence-corrected chi connectivity index (χ3v) is 3.26. The lowest BCUT2D eigenvalue weighted by molar-refractivity contribution is 0.104. The van der Waals surface area contributed by atoms with E-state index in [2.05, 4.69) is 19.0 Å². The molecule has 0 unspecified atom stereocenters. The maximum Gasteiger partial charge on any atom is 0.185 e. The van der Waals surface area contributed by atoms with Crippen LogP contribution in [0.3, 0.4) is 0 Å². The highest BCUT2D eigenvalue weighted by Crippen LogP contribution is 2.13. The van der Waals surface area contributed by atoms with Crippen molar-refractivity contribution < 1.29 is 9.53 Å². The standard InChI is InChI=1S/C21H20O2/c1-2-3-4-8-17-23-20-14-11-18(12-15-20)13-16-21(22)19-9-6-5-7-10-19/h5-7,9-16H,2-4H2,1H3. The van der Waals surface area contributed by atoms with E-state index in [1.165, 1.54) is 0 Å². The van der Waals surface area contributed by atoms with Gasteiger partial charge in [0.15, 0.2) is 5.78 Å². The zero-order chi connectivity index (χ0) is 16.3. The quantitative estimate of drug-likeness (QED) is 0.321. The van der Waals surface area contributed by atoms with Crippen LogP contribution in [-0.2, 0) is 0 Å². The minimum absolute atomic E-state index is 0.00674. The van der Waals surface area contributed by atoms with Crippen LogP contribution < -0.4 is 4.74 Å². The lowest BCUT2D eigenvalue weighted by Gasteiger charge is -1.98. The molecule has 23 heavy (non-hydrogen) atoms. The van der Waals surface area contributed by atoms with Gasteiger partial charge >= 0.3 is 0 Å². The van der Waals surface area contributed by atoms with Crippen LogP contribution in [0.15, 0.2) is 60.7 Å². The van der Waals surface area contributed by atoms with Crippen LogP contribution in [0.4, 0.5) is 0 Å². The number of hydrogen-bond acceptors (Lipinski definition) is 2. The van der Waals surface area contributed by atoms with Gasteiger partial charge in [0.05, 0.1) is 0 Å². The summed E-state index contributed by atoms with van der Waals surface area (Å²) in [6.07, 6.45) is 9.17. The van der Waals surface area contributed by atoms with Gasteiger partial charge in [-0.05, 0) is 30.2 Å². The fraction of sp³-hybridized carbons (Fsp3) is 0.190. The molecular weight excluding hydrogens is 284 g/mol. The number of unbranched alkanes of at least 4 members (excludes halogenated alkanes) is 2. The summed E-state index contributed by atoms with van der Waals surface area (Å²) in [6.45, 7) is 2.14. The monoisotopic (exact) mass is 304 g/mol. The average molecular weight is 304 g/mol. The van der Waals surface area contributed by atoms with Crippen molar-refractivity contribution in [2.45, 2.75) is 26.2 Å². The molecule has 116 valence electrons. The predicted octanol–water partition coefficient (Wildman–Crippen LogP) is 5.11. The van der Waals surface area contributed by atoms with Crippen molar-refractivity contribution in [3.8, 4) is 17.8 Å². The van der Waals surface area contributed by atoms with E-state index >= 15 is 0 Å². The van der Waals surface area contributed by atoms with Crippen molar-refractivity contribution in [2.75, 3.05) is 0 Å². The molecule has 0 aromatic heterocycles. The second-order valence-corrected chi connectivity index (χ2v) is 5.12. The molecule has 0 N–H and O–H groups in total. The van der Waals surface area contributed by atoms with Gasteiger partial charge in [-0.1, -0.05) is 67.8 Å². The van der Waals surface area contributed by atoms with E-state index in [9.17, 15) is 4.79 Å². The molecule has 2 rings (SSSR count). The SMILES string of the molecule is CCCCC#COc1ccc(C=CC(=O)c2ccccc2)cc1. The van der Waals surface area contributed by atoms with Crippen LogP contribution in [0.5, 0.6) is 5.75 Å². The third kappa shape index (κ3) is 5.84. The van der Waals surface area contributed by atoms with Crippen LogP contribution in [0, 0.1) is 12.0 Å². The highest BCUT2D eigenvalue weighted by molar-refractivity contribution is 6.06. The number of benzene rings is 2. The summed E-state index contributed by atoms with van der Waals surface area (Å²) < 4.78 is 5.35. The molecule has 0 aliphatic carbocycles. The summed E-state index contributed by atoms with van der Waals surface area (Å²) in [6, 6.07) is 16.7. The lowest BCUT2D eigenvalue weighted by atomic mass is 10.1. The summed E-state index contributed by atoms with van der Waals surface area (Å²) in [5.74, 6) is 3.68. The molecule has 0 heterocycles. The van der Waals surface area contributed by atoms with Gasteiger partial charge in [-0.15, -0.1) is 0 Å². The highest BCUT2D eigenvalue weighted by atomic mass is 16.5. The van der Waals surface area contributed by atoms with Gasteiger partial charge in [0.2, 0.25) is 0 Å². The Labute approximate surface area is 137 Å². The Morgan fingerprint density at radius 1 is 1.09 bits per heavy atom. The summed E-state index contributed by atoms with van der Waals surface area (Å²) in [5, 5.41) is 0. The van der Waals surface area contributed by atoms with E-state index in [-0.39, 0.29) is 5.78 Å². The summed E-state index contributed by atoms with van der Waals surface area (Å²) in [4.78, 5) is 12.0. The topological polar surface area (TPSA) is 26.3 Å². The molecule has 0 bridgehead atoms. The van der Waals surface area contributed by atoms with Crippen molar-refractivity contribution in [2.24, 2.45) is 0 Å². The van der Waals surface area contributed by atoms with Crippen molar-refractivity contribution in [1.82, 2.24) is 0 Å². The summed E-state index contributed by atoms with van der Waals surface area (Å²) >= 11 is 0. The first-order valence-electron chi connectivity index (χ1n) is 7.82. The van der Waals surface area contributed by atoms with Gasteiger partial charge in [0.25, 0.3) is 0 Å². The van der Waals surface area contributed by atoms with E-state index in [4.69, 9.17) is 4.74 Å². The molecule has 0 atom stereocenters. The molecule has 2 heteroatoms. The largest absolute Gasteiger partial charge is 0.408 e. The van der Waals surface area contributed by atoms with E-state index in [1.54, 1.807) is 24.3 Å². The maximum absolute atomic E-state index is 12.0. The first-order chi connectivity index (χ1) is 11.3. The van der Waals surface area contributed by atoms with Gasteiger partial charge in [0, 0.05) is 12.0 Å². The third-order valence-electron chi connectivity index (χ3n) is 3.26. The van der Waals surface area contributed by atoms with Crippen LogP contribution in [0.1, 0.15) is 42.1 Å². The number of hydrogen-bond donors (Lipinski definition) is 0. The smallest absolute Gasteiger partial charge is 0.185 e. The second-order valence-electron chi connectivity index (χ2n) is 5.12. The molecule has 0 aliphatic rings. The van der Waals surface area contributed by atoms with Crippen LogP contribution in [0.25, 0.3) is 6.08 Å². The van der Waals surface area contributed by atoms with Crippen LogP contribution >= 0.6 is 0 Å². The molecule has 0 amide bonds. The number of rotatable bonds is 6. The summed E-state index contributed by atoms with van der Waals surface area (Å²) in [5.41, 5.74) is 1.63. The number of ether oxygens (including phenoxy) is 1. The average Bonchev–Trinajstić information content (AvgIpc) is 2.61. The normalized spacial score (nSPS) is 10.1. The zero-order valence-electron chi connectivity index (χ0n) is 13.3. The first kappa shape index (κ1) is 16.6. The van der Waals surface area contributed by atoms with Crippen molar-refractivity contribution in [3.05, 3.63) is 71.8 Å². The van der Waals surface area contributed by atoms with Gasteiger partial charge in [-0.2, -0.15) is 0 Å². The zero-order valence-corrected chi connectivity index (χ0v) is 13.3. The van der Waals surface area contributed by atoms with Gasteiger partial charge < -0.3 is 4.74 Å². The lowest BCUT2D eigenvalue weighted by Crippen LogP contribution is -1.92. The Kier molecular flexibility index (Phi) is 6.68. The molecule has 0 fully saturated rings. The number of carbonyl (C=O) groups is 1. The minimum Gasteiger partial charge on any atom is -0.408 e. The minimum atomic E-state index is -0.00674. The Morgan fingerprint density at radius 3 is 2.52 bits per heavy atom. The van der Waals surface area contributed by atoms with Crippen molar-refractivity contribution >= 4 is 11.9 Å². The fourth-order valence-corrected chi connectivity index (χ4v) is 1.93. The molecule has 2 aromatic rings. The van der Waals surface area contributed by atoms with Gasteiger partial charge in [-0.25, -0.2) is 0 Å². The Morgan fingerprint density at radius 2 is 1.83 bits per heavy atom. The Balaban J connectivity index is 1.90. The molecule has 0 radical (unpaired) electrons. The van der Waals surface area contributed by atoms with E-state index in [0.29, 0.717) is 11.3 Å². The van der Waals surface area contributed by atoms with Crippen molar-refractivity contribution in [3.63, 3.8) is 0 Å². The predicted molar refractivity (Wildman–Crippen MR) is 94.2 cm³/mol. The van der Waals surface area contributed by atoms with Gasteiger partial charge in [0.1, 0.15) is 11.9 Å². The fourth-order valence-electron chi connectivity index (χ4n) is 1.93. The first-order valence-corrected chi connectivity index (χ1v) is 7.82. The molecular formula is C21H20O2. The van der Waals surface area contributed by atoms with Gasteiger partial charge in [-0.3, -0.25) is 4.79 Å². The molecule has 0 spiro atoms. The molecule has 0 saturated heterocycles. The molecule has 0 aliphatic heterocycles. The van der Waals surface area contributed by atoms with E-state index in [0.717, 1.165) is 24.8 Å². The van der Waals surface area contributed by atoms with Crippen LogP contribution in [-0.4, -0.2) is 5.78 Å². The number of allylic oxidation sites excluding steroid dienone is 1. The molecule has 0 saturated carbocycles. The number of ketones is 1. The second kappa shape index (κ2) is 9.27. The van der Waals surface area contributed by atoms with Crippen LogP contribution in [0.2, 0.25) is 0 Å². The highest BCUT2D eigenvalue weighted by Gasteiger charge is 1.99. The molecule has 2 nitrogen and oxygen atoms in total. The van der Waals surface area contributed by atoms with E-state index in [1.807, 2.05) is 42.5 Å². The number of carbonyl (C=O) groups excluding carboxylic acids is 1. The van der Waals surface area contributed by atoms with Crippen molar-refractivity contribution in [1.29, 1.82) is 0 Å². The Hall–Kier alpha value is -2.79. The molecule has 2 aromatic carbocycles. The Bertz CT molecular complexity index is 701.